The zero-order valence-corrected chi connectivity index (χ0v) is 18.6. The maximum Gasteiger partial charge on any atom is 0.295 e. The number of hydrogen-bond acceptors (Lipinski definition) is 6. The lowest BCUT2D eigenvalue weighted by Crippen LogP contribution is -2.40. The molecule has 0 saturated carbocycles. The number of methoxy groups -OCH3 is 1. The summed E-state index contributed by atoms with van der Waals surface area (Å²) in [5, 5.41) is 3.08. The van der Waals surface area contributed by atoms with E-state index in [0.717, 1.165) is 0 Å². The smallest absolute Gasteiger partial charge is 0.295 e. The Kier molecular flexibility index (Phi) is 2.70. The predicted octanol–water partition coefficient (Wildman–Crippen LogP) is 3.90. The molecule has 1 N–H and O–H groups in total. The van der Waals surface area contributed by atoms with Gasteiger partial charge >= 0.3 is 0 Å². The zero-order chi connectivity index (χ0) is 42.6. The molecular formula is C27H25N7O3. The summed E-state index contributed by atoms with van der Waals surface area (Å²) in [6.07, 6.45) is -7.33. The number of aromatic amines is 1. The van der Waals surface area contributed by atoms with Gasteiger partial charge in [-0.25, -0.2) is 19.5 Å². The summed E-state index contributed by atoms with van der Waals surface area (Å²) in [6.45, 7) is -2.13. The van der Waals surface area contributed by atoms with Gasteiger partial charge in [0.15, 0.2) is 11.5 Å². The van der Waals surface area contributed by atoms with E-state index < -0.39 is 137 Å². The monoisotopic (exact) mass is 514 g/mol. The van der Waals surface area contributed by atoms with Crippen LogP contribution in [0.15, 0.2) is 48.4 Å². The summed E-state index contributed by atoms with van der Waals surface area (Å²) in [6, 6.07) is -3.34. The van der Waals surface area contributed by atoms with E-state index in [0.29, 0.717) is 17.1 Å². The van der Waals surface area contributed by atoms with Gasteiger partial charge in [0.05, 0.1) is 45.9 Å². The Morgan fingerprint density at radius 3 is 2.70 bits per heavy atom. The first-order chi connectivity index (χ1) is 25.4. The Bertz CT molecular complexity index is 2360. The largest absolute Gasteiger partial charge is 0.494 e. The molecule has 4 heterocycles. The number of pyridine rings is 1. The minimum atomic E-state index is -4.09. The molecule has 186 valence electrons. The van der Waals surface area contributed by atoms with Crippen LogP contribution in [0.3, 0.4) is 0 Å². The van der Waals surface area contributed by atoms with Crippen molar-refractivity contribution in [2.24, 2.45) is 0 Å². The second kappa shape index (κ2) is 9.70. The molecule has 1 saturated heterocycles. The van der Waals surface area contributed by atoms with E-state index in [2.05, 4.69) is 24.9 Å². The molecule has 4 aromatic rings. The molecule has 1 amide bonds. The fourth-order valence-electron chi connectivity index (χ4n) is 3.30. The van der Waals surface area contributed by atoms with Crippen LogP contribution in [0.2, 0.25) is 0 Å². The number of nitrogens with one attached hydrogen (secondary N) is 1. The summed E-state index contributed by atoms with van der Waals surface area (Å²) < 4.78 is 162. The molecule has 0 atom stereocenters. The van der Waals surface area contributed by atoms with E-state index in [9.17, 15) is 9.59 Å². The highest BCUT2D eigenvalue weighted by Gasteiger charge is 2.30. The number of ketones is 1. The van der Waals surface area contributed by atoms with Crippen LogP contribution in [-0.4, -0.2) is 61.4 Å². The Morgan fingerprint density at radius 2 is 2.03 bits per heavy atom. The van der Waals surface area contributed by atoms with Gasteiger partial charge < -0.3 is 14.6 Å². The number of carbonyl (C=O) groups is 2. The molecule has 0 radical (unpaired) electrons. The molecule has 1 aliphatic rings. The number of carbonyl (C=O) groups excluding carboxylic acids is 2. The van der Waals surface area contributed by atoms with Crippen molar-refractivity contribution in [3.63, 3.8) is 0 Å². The number of H-pyrrole nitrogens is 1. The molecule has 37 heavy (non-hydrogen) atoms. The van der Waals surface area contributed by atoms with Gasteiger partial charge in [-0.1, -0.05) is 35.3 Å². The number of aromatic nitrogens is 5. The highest BCUT2D eigenvalue weighted by atomic mass is 16.5. The Morgan fingerprint density at radius 1 is 1.24 bits per heavy atom. The van der Waals surface area contributed by atoms with Crippen LogP contribution in [0.4, 0.5) is 0 Å². The van der Waals surface area contributed by atoms with Crippen LogP contribution >= 0.6 is 0 Å². The van der Waals surface area contributed by atoms with Crippen molar-refractivity contribution in [3.05, 3.63) is 82.4 Å². The fourth-order valence-corrected chi connectivity index (χ4v) is 3.30. The summed E-state index contributed by atoms with van der Waals surface area (Å²) in [4.78, 5) is 40.5. The van der Waals surface area contributed by atoms with Crippen LogP contribution in [0.5, 0.6) is 5.75 Å². The number of benzene rings is 1. The number of piperidine rings is 1. The zero-order valence-electron chi connectivity index (χ0n) is 37.6. The van der Waals surface area contributed by atoms with Gasteiger partial charge in [0, 0.05) is 34.3 Å². The van der Waals surface area contributed by atoms with Crippen LogP contribution in [0.1, 0.15) is 66.1 Å². The van der Waals surface area contributed by atoms with Crippen molar-refractivity contribution >= 4 is 28.3 Å². The SMILES string of the molecule is [2H]c1c([2H])c(C([N+]#[C-])=C2C([2H])([2H])C([2H])([2H])N(C(=O)C(=O)c3c[nH]c4c(-n5nc(C([2H])([2H])[2H])nc5[2H])ncc(OC([2H])([2H])[2H])c34)C([2H])([2H])C2([2H])[2H])c([2H])c([2H])c1C. The molecule has 1 aromatic carbocycles. The normalized spacial score (nSPS) is 27.1. The molecule has 1 fully saturated rings. The molecule has 0 aliphatic carbocycles. The van der Waals surface area contributed by atoms with E-state index >= 15 is 0 Å². The molecule has 0 unspecified atom stereocenters. The highest BCUT2D eigenvalue weighted by molar-refractivity contribution is 6.45. The number of ether oxygens (including phenoxy) is 1. The predicted molar refractivity (Wildman–Crippen MR) is 137 cm³/mol. The second-order valence-corrected chi connectivity index (χ2v) is 7.23. The average Bonchev–Trinajstić information content (AvgIpc) is 3.69. The lowest BCUT2D eigenvalue weighted by atomic mass is 9.97. The summed E-state index contributed by atoms with van der Waals surface area (Å²) >= 11 is 0. The highest BCUT2D eigenvalue weighted by Crippen LogP contribution is 2.33. The van der Waals surface area contributed by atoms with E-state index in [4.69, 9.17) is 37.4 Å². The van der Waals surface area contributed by atoms with Gasteiger partial charge in [0.1, 0.15) is 19.2 Å². The van der Waals surface area contributed by atoms with E-state index in [1.54, 1.807) is 0 Å². The number of amides is 1. The molecule has 3 aromatic heterocycles. The Balaban J connectivity index is 1.74. The number of nitrogens with zero attached hydrogens (tertiary/aromatic N) is 6. The summed E-state index contributed by atoms with van der Waals surface area (Å²) in [5.74, 6) is -6.23. The second-order valence-electron chi connectivity index (χ2n) is 7.23. The molecule has 0 bridgehead atoms. The third-order valence-electron chi connectivity index (χ3n) is 4.97. The van der Waals surface area contributed by atoms with Crippen molar-refractivity contribution in [1.29, 1.82) is 0 Å². The van der Waals surface area contributed by atoms with Crippen molar-refractivity contribution in [3.8, 4) is 11.6 Å². The molecule has 10 nitrogen and oxygen atoms in total. The van der Waals surface area contributed by atoms with Crippen LogP contribution in [-0.2, 0) is 4.79 Å². The van der Waals surface area contributed by atoms with Gasteiger partial charge in [-0.3, -0.25) is 9.59 Å². The number of hydrogen-bond donors (Lipinski definition) is 1. The van der Waals surface area contributed by atoms with Gasteiger partial charge in [-0.2, -0.15) is 5.10 Å². The quantitative estimate of drug-likeness (QED) is 0.246. The number of aryl methyl sites for hydroxylation is 1. The van der Waals surface area contributed by atoms with Crippen LogP contribution in [0, 0.1) is 20.3 Å². The number of fused-ring (bicyclic) bond motifs is 1. The summed E-state index contributed by atoms with van der Waals surface area (Å²) in [5.41, 5.74) is -5.50. The number of likely N-dealkylation sites (tertiary alicyclic amines) is 1. The Hall–Kier alpha value is -4.78. The van der Waals surface area contributed by atoms with E-state index in [1.165, 1.54) is 6.92 Å². The lowest BCUT2D eigenvalue weighted by Gasteiger charge is -2.28. The molecule has 1 aliphatic heterocycles. The van der Waals surface area contributed by atoms with Crippen molar-refractivity contribution in [1.82, 2.24) is 29.6 Å². The van der Waals surface area contributed by atoms with Crippen LogP contribution < -0.4 is 4.74 Å². The van der Waals surface area contributed by atoms with Gasteiger partial charge in [-0.15, -0.1) is 0 Å². The fraction of sp³-hybridized carbons (Fsp3) is 0.259. The number of Topliss-reactive ketones (excluding diaryl/α,β-unsaturated/α-hetero) is 1. The van der Waals surface area contributed by atoms with Gasteiger partial charge in [0.25, 0.3) is 11.7 Å². The molecular weight excluding hydrogens is 470 g/mol. The van der Waals surface area contributed by atoms with Crippen molar-refractivity contribution in [2.45, 2.75) is 26.5 Å². The minimum Gasteiger partial charge on any atom is -0.494 e. The van der Waals surface area contributed by atoms with Crippen LogP contribution in [0.25, 0.3) is 27.3 Å². The Labute approximate surface area is 240 Å². The average molecular weight is 515 g/mol. The van der Waals surface area contributed by atoms with E-state index in [-0.39, 0.29) is 5.56 Å². The minimum absolute atomic E-state index is 0.205. The maximum atomic E-state index is 14.1. The van der Waals surface area contributed by atoms with Crippen molar-refractivity contribution < 1.29 is 40.4 Å². The first kappa shape index (κ1) is 10.3. The summed E-state index contributed by atoms with van der Waals surface area (Å²) in [7, 11) is -3.26. The molecule has 5 rings (SSSR count). The third-order valence-corrected chi connectivity index (χ3v) is 4.97. The first-order valence-corrected chi connectivity index (χ1v) is 10.1. The topological polar surface area (TPSA) is 110 Å². The number of rotatable bonds is 5. The van der Waals surface area contributed by atoms with E-state index in [1.807, 2.05) is 0 Å². The molecule has 0 spiro atoms. The maximum absolute atomic E-state index is 14.1. The van der Waals surface area contributed by atoms with Gasteiger partial charge in [-0.05, 0) is 32.1 Å². The third kappa shape index (κ3) is 4.36. The lowest BCUT2D eigenvalue weighted by molar-refractivity contribution is -0.126. The molecule has 10 heteroatoms. The first-order valence-electron chi connectivity index (χ1n) is 19.6. The standard InChI is InChI=1S/C27H25N7O3/c1-16-5-7-18(8-6-16)23(28-3)19-9-11-33(12-10-19)27(36)25(35)20-13-29-24-22(20)21(37-4)14-30-26(24)34-15-31-17(2)32-34/h5-8,13-15,29H,9-12H2,1-2,4H3/i2D3,4D3,5D,6D,7D,8D,9D2,10D2,11D2,12D2,15D. The van der Waals surface area contributed by atoms with Gasteiger partial charge in [0.2, 0.25) is 0 Å². The van der Waals surface area contributed by atoms with Crippen molar-refractivity contribution in [2.75, 3.05) is 20.0 Å².